The number of methoxy groups -OCH3 is 1. The number of nitrogens with zero attached hydrogens (tertiary/aromatic N) is 2. The zero-order chi connectivity index (χ0) is 23.1. The highest BCUT2D eigenvalue weighted by Crippen LogP contribution is 2.35. The normalized spacial score (nSPS) is 12.7. The molecule has 1 aliphatic heterocycles. The molecule has 5 nitrogen and oxygen atoms in total. The van der Waals surface area contributed by atoms with Crippen LogP contribution in [0, 0.1) is 0 Å². The van der Waals surface area contributed by atoms with E-state index in [-0.39, 0.29) is 5.97 Å². The fourth-order valence-electron chi connectivity index (χ4n) is 4.49. The number of hydrogen-bond acceptors (Lipinski definition) is 5. The summed E-state index contributed by atoms with van der Waals surface area (Å²) in [4.78, 5) is 19.8. The topological polar surface area (TPSA) is 51.7 Å². The molecule has 6 rings (SSSR count). The van der Waals surface area contributed by atoms with Crippen molar-refractivity contribution in [2.24, 2.45) is 0 Å². The molecule has 1 aromatic heterocycles. The van der Waals surface area contributed by atoms with Gasteiger partial charge in [0.1, 0.15) is 17.3 Å². The van der Waals surface area contributed by atoms with Crippen LogP contribution in [-0.2, 0) is 6.42 Å². The van der Waals surface area contributed by atoms with Crippen molar-refractivity contribution in [3.8, 4) is 11.5 Å². The molecule has 34 heavy (non-hydrogen) atoms. The molecule has 0 atom stereocenters. The van der Waals surface area contributed by atoms with Crippen molar-refractivity contribution in [1.29, 1.82) is 0 Å². The van der Waals surface area contributed by atoms with E-state index in [2.05, 4.69) is 11.0 Å². The Bertz CT molecular complexity index is 1540. The molecular formula is C29H22N2O3. The Morgan fingerprint density at radius 1 is 0.824 bits per heavy atom. The largest absolute Gasteiger partial charge is 0.497 e. The molecule has 0 fully saturated rings. The number of hydrogen-bond donors (Lipinski definition) is 0. The van der Waals surface area contributed by atoms with E-state index in [9.17, 15) is 4.79 Å². The van der Waals surface area contributed by atoms with Crippen molar-refractivity contribution in [1.82, 2.24) is 4.98 Å². The minimum atomic E-state index is -0.375. The number of ether oxygens (including phenoxy) is 2. The van der Waals surface area contributed by atoms with Gasteiger partial charge in [-0.3, -0.25) is 0 Å². The van der Waals surface area contributed by atoms with Crippen molar-refractivity contribution in [3.63, 3.8) is 0 Å². The third-order valence-corrected chi connectivity index (χ3v) is 6.29. The predicted molar refractivity (Wildman–Crippen MR) is 134 cm³/mol. The van der Waals surface area contributed by atoms with Crippen LogP contribution >= 0.6 is 0 Å². The summed E-state index contributed by atoms with van der Waals surface area (Å²) < 4.78 is 11.0. The molecule has 166 valence electrons. The lowest BCUT2D eigenvalue weighted by Gasteiger charge is -2.19. The summed E-state index contributed by atoms with van der Waals surface area (Å²) in [7, 11) is 1.66. The van der Waals surface area contributed by atoms with Crippen LogP contribution in [0.2, 0.25) is 0 Å². The molecule has 0 amide bonds. The molecule has 0 spiro atoms. The lowest BCUT2D eigenvalue weighted by atomic mass is 10.1. The number of carbonyl (C=O) groups excluding carboxylic acids is 1. The van der Waals surface area contributed by atoms with E-state index in [4.69, 9.17) is 14.5 Å². The molecule has 0 bridgehead atoms. The second kappa shape index (κ2) is 8.19. The number of carbonyl (C=O) groups is 1. The third-order valence-electron chi connectivity index (χ3n) is 6.29. The van der Waals surface area contributed by atoms with Crippen molar-refractivity contribution >= 4 is 39.1 Å². The molecule has 0 saturated heterocycles. The summed E-state index contributed by atoms with van der Waals surface area (Å²) >= 11 is 0. The molecule has 2 heterocycles. The lowest BCUT2D eigenvalue weighted by molar-refractivity contribution is 0.0735. The minimum absolute atomic E-state index is 0.375. The van der Waals surface area contributed by atoms with Crippen LogP contribution in [0.4, 0.5) is 11.5 Å². The van der Waals surface area contributed by atoms with Crippen molar-refractivity contribution in [2.45, 2.75) is 6.42 Å². The number of benzene rings is 4. The number of rotatable bonds is 4. The first-order valence-corrected chi connectivity index (χ1v) is 11.2. The molecule has 0 N–H and O–H groups in total. The van der Waals surface area contributed by atoms with Gasteiger partial charge in [0.25, 0.3) is 0 Å². The van der Waals surface area contributed by atoms with Crippen LogP contribution in [0.5, 0.6) is 11.5 Å². The van der Waals surface area contributed by atoms with Gasteiger partial charge in [-0.05, 0) is 77.4 Å². The third kappa shape index (κ3) is 3.61. The van der Waals surface area contributed by atoms with E-state index >= 15 is 0 Å². The van der Waals surface area contributed by atoms with Gasteiger partial charge in [0, 0.05) is 23.7 Å². The molecule has 5 aromatic rings. The first kappa shape index (κ1) is 20.2. The Kier molecular flexibility index (Phi) is 4.88. The summed E-state index contributed by atoms with van der Waals surface area (Å²) in [5.74, 6) is 1.90. The van der Waals surface area contributed by atoms with Gasteiger partial charge in [-0.25, -0.2) is 9.78 Å². The number of aromatic nitrogens is 1. The van der Waals surface area contributed by atoms with Gasteiger partial charge in [0.15, 0.2) is 0 Å². The van der Waals surface area contributed by atoms with Crippen LogP contribution in [0.3, 0.4) is 0 Å². The van der Waals surface area contributed by atoms with Gasteiger partial charge in [0.05, 0.1) is 18.2 Å². The maximum atomic E-state index is 12.7. The van der Waals surface area contributed by atoms with Crippen LogP contribution < -0.4 is 14.4 Å². The lowest BCUT2D eigenvalue weighted by Crippen LogP contribution is -2.15. The molecule has 0 unspecified atom stereocenters. The molecule has 5 heteroatoms. The van der Waals surface area contributed by atoms with Gasteiger partial charge in [-0.1, -0.05) is 30.3 Å². The van der Waals surface area contributed by atoms with E-state index in [0.29, 0.717) is 11.3 Å². The minimum Gasteiger partial charge on any atom is -0.497 e. The smallest absolute Gasteiger partial charge is 0.343 e. The maximum Gasteiger partial charge on any atom is 0.343 e. The first-order chi connectivity index (χ1) is 16.7. The van der Waals surface area contributed by atoms with Crippen LogP contribution in [0.1, 0.15) is 15.9 Å². The molecule has 0 radical (unpaired) electrons. The predicted octanol–water partition coefficient (Wildman–Crippen LogP) is 6.31. The van der Waals surface area contributed by atoms with Gasteiger partial charge in [-0.2, -0.15) is 0 Å². The monoisotopic (exact) mass is 446 g/mol. The summed E-state index contributed by atoms with van der Waals surface area (Å²) in [5, 5.41) is 3.25. The number of esters is 1. The van der Waals surface area contributed by atoms with Crippen LogP contribution in [0.25, 0.3) is 21.7 Å². The van der Waals surface area contributed by atoms with E-state index in [0.717, 1.165) is 51.9 Å². The average Bonchev–Trinajstić information content (AvgIpc) is 3.29. The fraction of sp³-hybridized carbons (Fsp3) is 0.103. The van der Waals surface area contributed by atoms with Gasteiger partial charge in [-0.15, -0.1) is 0 Å². The summed E-state index contributed by atoms with van der Waals surface area (Å²) in [6.07, 6.45) is 0.927. The molecule has 0 saturated carbocycles. The highest BCUT2D eigenvalue weighted by molar-refractivity contribution is 5.93. The summed E-state index contributed by atoms with van der Waals surface area (Å²) in [6, 6.07) is 29.3. The number of pyridine rings is 1. The Labute approximate surface area is 197 Å². The molecular weight excluding hydrogens is 424 g/mol. The highest BCUT2D eigenvalue weighted by atomic mass is 16.5. The molecule has 4 aromatic carbocycles. The van der Waals surface area contributed by atoms with Crippen molar-refractivity contribution < 1.29 is 14.3 Å². The quantitative estimate of drug-likeness (QED) is 0.239. The summed E-state index contributed by atoms with van der Waals surface area (Å²) in [6.45, 7) is 0.844. The van der Waals surface area contributed by atoms with Crippen LogP contribution in [0.15, 0.2) is 91.0 Å². The van der Waals surface area contributed by atoms with E-state index in [1.165, 1.54) is 5.56 Å². The number of anilines is 2. The second-order valence-corrected chi connectivity index (χ2v) is 8.38. The van der Waals surface area contributed by atoms with Crippen LogP contribution in [-0.4, -0.2) is 24.6 Å². The zero-order valence-corrected chi connectivity index (χ0v) is 18.7. The maximum absolute atomic E-state index is 12.7. The SMILES string of the molecule is COc1ccc2cc3c(nc2c1)N(c1ccc(C(=O)Oc2ccc4ccccc4c2)cc1)CC3. The Balaban J connectivity index is 1.24. The van der Waals surface area contributed by atoms with Gasteiger partial charge in [0.2, 0.25) is 0 Å². The Morgan fingerprint density at radius 3 is 2.41 bits per heavy atom. The fourth-order valence-corrected chi connectivity index (χ4v) is 4.49. The zero-order valence-electron chi connectivity index (χ0n) is 18.7. The second-order valence-electron chi connectivity index (χ2n) is 8.38. The number of fused-ring (bicyclic) bond motifs is 3. The summed E-state index contributed by atoms with van der Waals surface area (Å²) in [5.41, 5.74) is 3.63. The van der Waals surface area contributed by atoms with E-state index < -0.39 is 0 Å². The first-order valence-electron chi connectivity index (χ1n) is 11.2. The van der Waals surface area contributed by atoms with E-state index in [1.54, 1.807) is 19.2 Å². The highest BCUT2D eigenvalue weighted by Gasteiger charge is 2.23. The Morgan fingerprint density at radius 2 is 1.59 bits per heavy atom. The molecule has 1 aliphatic rings. The Hall–Kier alpha value is -4.38. The standard InChI is InChI=1S/C29H22N2O3/c1-33-25-12-9-22-16-23-14-15-31(28(23)30-27(22)18-25)24-10-6-20(7-11-24)29(32)34-26-13-8-19-4-2-3-5-21(19)17-26/h2-13,16-18H,14-15H2,1H3. The van der Waals surface area contributed by atoms with Gasteiger partial charge >= 0.3 is 5.97 Å². The van der Waals surface area contributed by atoms with Crippen molar-refractivity contribution in [2.75, 3.05) is 18.6 Å². The van der Waals surface area contributed by atoms with E-state index in [1.807, 2.05) is 72.8 Å². The average molecular weight is 447 g/mol. The molecule has 0 aliphatic carbocycles. The van der Waals surface area contributed by atoms with Crippen molar-refractivity contribution in [3.05, 3.63) is 102 Å². The van der Waals surface area contributed by atoms with Gasteiger partial charge < -0.3 is 14.4 Å².